The van der Waals surface area contributed by atoms with Crippen molar-refractivity contribution >= 4 is 17.3 Å². The van der Waals surface area contributed by atoms with Gasteiger partial charge < -0.3 is 4.90 Å². The molecule has 1 aromatic carbocycles. The first-order valence-corrected chi connectivity index (χ1v) is 5.35. The fourth-order valence-electron chi connectivity index (χ4n) is 1.81. The van der Waals surface area contributed by atoms with Crippen LogP contribution < -0.4 is 0 Å². The number of benzene rings is 1. The van der Waals surface area contributed by atoms with Crippen LogP contribution in [-0.2, 0) is 0 Å². The largest absolute Gasteiger partial charge is 0.372 e. The molecule has 0 unspecified atom stereocenters. The van der Waals surface area contributed by atoms with Gasteiger partial charge in [-0.15, -0.1) is 0 Å². The molecule has 0 spiro atoms. The third-order valence-corrected chi connectivity index (χ3v) is 2.92. The van der Waals surface area contributed by atoms with E-state index in [0.717, 1.165) is 23.8 Å². The van der Waals surface area contributed by atoms with Crippen molar-refractivity contribution in [3.05, 3.63) is 41.4 Å². The highest BCUT2D eigenvalue weighted by molar-refractivity contribution is 6.30. The van der Waals surface area contributed by atoms with Crippen LogP contribution in [0.15, 0.2) is 30.8 Å². The smallest absolute Gasteiger partial charge is 0.0406 e. The molecule has 74 valence electrons. The van der Waals surface area contributed by atoms with Crippen molar-refractivity contribution in [2.45, 2.75) is 12.8 Å². The Morgan fingerprint density at radius 2 is 1.71 bits per heavy atom. The van der Waals surface area contributed by atoms with E-state index in [9.17, 15) is 0 Å². The number of rotatable bonds is 2. The van der Waals surface area contributed by atoms with Gasteiger partial charge >= 0.3 is 0 Å². The van der Waals surface area contributed by atoms with Crippen molar-refractivity contribution in [1.82, 2.24) is 4.90 Å². The Morgan fingerprint density at radius 1 is 1.14 bits per heavy atom. The number of hydrogen-bond acceptors (Lipinski definition) is 1. The quantitative estimate of drug-likeness (QED) is 0.719. The lowest BCUT2D eigenvalue weighted by molar-refractivity contribution is 0.494. The van der Waals surface area contributed by atoms with Crippen LogP contribution in [0.25, 0.3) is 5.70 Å². The van der Waals surface area contributed by atoms with E-state index in [4.69, 9.17) is 11.6 Å². The molecule has 1 aliphatic heterocycles. The van der Waals surface area contributed by atoms with Crippen LogP contribution in [0.1, 0.15) is 18.4 Å². The fourth-order valence-corrected chi connectivity index (χ4v) is 1.94. The third kappa shape index (κ3) is 1.93. The molecule has 0 radical (unpaired) electrons. The van der Waals surface area contributed by atoms with Crippen LogP contribution in [0.5, 0.6) is 0 Å². The Bertz CT molecular complexity index is 323. The maximum atomic E-state index is 5.83. The number of hydrogen-bond donors (Lipinski definition) is 0. The summed E-state index contributed by atoms with van der Waals surface area (Å²) in [4.78, 5) is 2.34. The Kier molecular flexibility index (Phi) is 2.78. The summed E-state index contributed by atoms with van der Waals surface area (Å²) < 4.78 is 0. The summed E-state index contributed by atoms with van der Waals surface area (Å²) in [5.74, 6) is 0. The minimum atomic E-state index is 0.781. The Hall–Kier alpha value is -0.950. The summed E-state index contributed by atoms with van der Waals surface area (Å²) in [6, 6.07) is 7.89. The maximum absolute atomic E-state index is 5.83. The maximum Gasteiger partial charge on any atom is 0.0406 e. The zero-order valence-electron chi connectivity index (χ0n) is 8.17. The highest BCUT2D eigenvalue weighted by Gasteiger charge is 2.13. The highest BCUT2D eigenvalue weighted by Crippen LogP contribution is 2.23. The molecule has 0 saturated carbocycles. The topological polar surface area (TPSA) is 3.24 Å². The molecule has 1 saturated heterocycles. The van der Waals surface area contributed by atoms with E-state index in [-0.39, 0.29) is 0 Å². The second-order valence-corrected chi connectivity index (χ2v) is 4.08. The summed E-state index contributed by atoms with van der Waals surface area (Å²) >= 11 is 5.83. The summed E-state index contributed by atoms with van der Waals surface area (Å²) in [6.07, 6.45) is 2.57. The molecule has 1 nitrogen and oxygen atoms in total. The number of halogens is 1. The van der Waals surface area contributed by atoms with Gasteiger partial charge in [0.25, 0.3) is 0 Å². The fraction of sp³-hybridized carbons (Fsp3) is 0.333. The molecule has 0 atom stereocenters. The van der Waals surface area contributed by atoms with Crippen molar-refractivity contribution in [3.8, 4) is 0 Å². The molecule has 0 bridgehead atoms. The Balaban J connectivity index is 2.14. The average molecular weight is 208 g/mol. The molecular weight excluding hydrogens is 194 g/mol. The van der Waals surface area contributed by atoms with Gasteiger partial charge in [0.2, 0.25) is 0 Å². The lowest BCUT2D eigenvalue weighted by atomic mass is 10.1. The van der Waals surface area contributed by atoms with Gasteiger partial charge in [-0.2, -0.15) is 0 Å². The number of nitrogens with zero attached hydrogens (tertiary/aromatic N) is 1. The monoisotopic (exact) mass is 207 g/mol. The minimum Gasteiger partial charge on any atom is -0.372 e. The summed E-state index contributed by atoms with van der Waals surface area (Å²) in [5, 5.41) is 0.781. The van der Waals surface area contributed by atoms with Gasteiger partial charge in [0.15, 0.2) is 0 Å². The first-order chi connectivity index (χ1) is 6.77. The minimum absolute atomic E-state index is 0.781. The van der Waals surface area contributed by atoms with E-state index >= 15 is 0 Å². The van der Waals surface area contributed by atoms with Crippen molar-refractivity contribution in [1.29, 1.82) is 0 Å². The lowest BCUT2D eigenvalue weighted by Gasteiger charge is -2.20. The standard InChI is InChI=1S/C12H14ClN/c1-10(14-8-2-3-9-14)11-4-6-12(13)7-5-11/h4-7H,1-3,8-9H2. The second kappa shape index (κ2) is 4.05. The van der Waals surface area contributed by atoms with E-state index in [2.05, 4.69) is 11.5 Å². The van der Waals surface area contributed by atoms with E-state index in [1.165, 1.54) is 18.4 Å². The van der Waals surface area contributed by atoms with Crippen molar-refractivity contribution < 1.29 is 0 Å². The van der Waals surface area contributed by atoms with Gasteiger partial charge in [-0.25, -0.2) is 0 Å². The van der Waals surface area contributed by atoms with Gasteiger partial charge in [-0.3, -0.25) is 0 Å². The van der Waals surface area contributed by atoms with E-state index in [1.54, 1.807) is 0 Å². The van der Waals surface area contributed by atoms with Gasteiger partial charge in [0.05, 0.1) is 0 Å². The molecule has 1 aromatic rings. The molecule has 14 heavy (non-hydrogen) atoms. The van der Waals surface area contributed by atoms with Crippen LogP contribution >= 0.6 is 11.6 Å². The summed E-state index contributed by atoms with van der Waals surface area (Å²) in [6.45, 7) is 6.40. The molecule has 1 heterocycles. The zero-order chi connectivity index (χ0) is 9.97. The van der Waals surface area contributed by atoms with Gasteiger partial charge in [0.1, 0.15) is 0 Å². The second-order valence-electron chi connectivity index (χ2n) is 3.65. The van der Waals surface area contributed by atoms with Gasteiger partial charge in [-0.1, -0.05) is 30.3 Å². The first kappa shape index (κ1) is 9.60. The molecule has 0 N–H and O–H groups in total. The number of likely N-dealkylation sites (tertiary alicyclic amines) is 1. The van der Waals surface area contributed by atoms with Crippen LogP contribution in [0, 0.1) is 0 Å². The van der Waals surface area contributed by atoms with E-state index in [1.807, 2.05) is 24.3 Å². The lowest BCUT2D eigenvalue weighted by Crippen LogP contribution is -2.16. The van der Waals surface area contributed by atoms with Crippen LogP contribution in [0.2, 0.25) is 5.02 Å². The van der Waals surface area contributed by atoms with E-state index in [0.29, 0.717) is 0 Å². The molecule has 1 fully saturated rings. The molecule has 0 amide bonds. The van der Waals surface area contributed by atoms with Crippen molar-refractivity contribution in [2.75, 3.05) is 13.1 Å². The molecule has 2 rings (SSSR count). The third-order valence-electron chi connectivity index (χ3n) is 2.67. The van der Waals surface area contributed by atoms with Crippen LogP contribution in [-0.4, -0.2) is 18.0 Å². The predicted octanol–water partition coefficient (Wildman–Crippen LogP) is 3.41. The van der Waals surface area contributed by atoms with Crippen LogP contribution in [0.4, 0.5) is 0 Å². The normalized spacial score (nSPS) is 15.9. The Labute approximate surface area is 90.0 Å². The highest BCUT2D eigenvalue weighted by atomic mass is 35.5. The van der Waals surface area contributed by atoms with Gasteiger partial charge in [0, 0.05) is 23.8 Å². The average Bonchev–Trinajstić information content (AvgIpc) is 2.71. The van der Waals surface area contributed by atoms with Crippen LogP contribution in [0.3, 0.4) is 0 Å². The van der Waals surface area contributed by atoms with Crippen molar-refractivity contribution in [2.24, 2.45) is 0 Å². The molecular formula is C12H14ClN. The van der Waals surface area contributed by atoms with Gasteiger partial charge in [-0.05, 0) is 30.5 Å². The molecule has 0 aliphatic carbocycles. The molecule has 0 aromatic heterocycles. The van der Waals surface area contributed by atoms with Crippen molar-refractivity contribution in [3.63, 3.8) is 0 Å². The first-order valence-electron chi connectivity index (χ1n) is 4.97. The molecule has 1 aliphatic rings. The zero-order valence-corrected chi connectivity index (χ0v) is 8.93. The summed E-state index contributed by atoms with van der Waals surface area (Å²) in [5.41, 5.74) is 2.30. The Morgan fingerprint density at radius 3 is 2.29 bits per heavy atom. The van der Waals surface area contributed by atoms with E-state index < -0.39 is 0 Å². The SMILES string of the molecule is C=C(c1ccc(Cl)cc1)N1CCCC1. The summed E-state index contributed by atoms with van der Waals surface area (Å²) in [7, 11) is 0. The predicted molar refractivity (Wildman–Crippen MR) is 61.3 cm³/mol. The molecule has 2 heteroatoms.